The van der Waals surface area contributed by atoms with E-state index in [9.17, 15) is 14.9 Å². The van der Waals surface area contributed by atoms with Gasteiger partial charge in [-0.15, -0.1) is 0 Å². The molecule has 1 heterocycles. The van der Waals surface area contributed by atoms with Gasteiger partial charge in [0.05, 0.1) is 16.9 Å². The zero-order valence-corrected chi connectivity index (χ0v) is 9.79. The summed E-state index contributed by atoms with van der Waals surface area (Å²) >= 11 is 0. The fourth-order valence-corrected chi connectivity index (χ4v) is 1.58. The van der Waals surface area contributed by atoms with Crippen LogP contribution in [0.15, 0.2) is 6.20 Å². The molecule has 0 amide bonds. The van der Waals surface area contributed by atoms with E-state index in [-0.39, 0.29) is 5.82 Å². The van der Waals surface area contributed by atoms with Crippen molar-refractivity contribution in [3.63, 3.8) is 0 Å². The summed E-state index contributed by atoms with van der Waals surface area (Å²) in [4.78, 5) is 21.1. The molecule has 7 nitrogen and oxygen atoms in total. The average Bonchev–Trinajstić information content (AvgIpc) is 2.60. The lowest BCUT2D eigenvalue weighted by Gasteiger charge is -2.08. The molecule has 1 aromatic heterocycles. The number of aliphatic carboxylic acids is 1. The molecular weight excluding hydrogens is 226 g/mol. The number of hydrogen-bond donors (Lipinski definition) is 1. The van der Waals surface area contributed by atoms with Crippen LogP contribution in [-0.2, 0) is 4.79 Å². The number of carboxylic acids is 1. The van der Waals surface area contributed by atoms with Crippen molar-refractivity contribution < 1.29 is 14.8 Å². The normalized spacial score (nSPS) is 12.4. The molecule has 0 radical (unpaired) electrons. The highest BCUT2D eigenvalue weighted by Gasteiger charge is 2.26. The highest BCUT2D eigenvalue weighted by atomic mass is 16.6. The Morgan fingerprint density at radius 3 is 2.76 bits per heavy atom. The van der Waals surface area contributed by atoms with Crippen LogP contribution in [0.2, 0.25) is 0 Å². The predicted octanol–water partition coefficient (Wildman–Crippen LogP) is 1.92. The van der Waals surface area contributed by atoms with Gasteiger partial charge in [-0.1, -0.05) is 19.8 Å². The van der Waals surface area contributed by atoms with Crippen molar-refractivity contribution in [3.8, 4) is 0 Å². The van der Waals surface area contributed by atoms with Gasteiger partial charge in [-0.3, -0.25) is 0 Å². The average molecular weight is 241 g/mol. The Bertz CT molecular complexity index is 427. The fourth-order valence-electron chi connectivity index (χ4n) is 1.58. The number of carboxylic acid groups (broad SMARTS) is 1. The summed E-state index contributed by atoms with van der Waals surface area (Å²) in [6.45, 7) is 3.50. The third-order valence-electron chi connectivity index (χ3n) is 2.50. The van der Waals surface area contributed by atoms with Crippen LogP contribution in [0.25, 0.3) is 0 Å². The molecule has 0 aliphatic heterocycles. The lowest BCUT2D eigenvalue weighted by Crippen LogP contribution is -2.19. The van der Waals surface area contributed by atoms with Gasteiger partial charge in [0.2, 0.25) is 0 Å². The molecule has 0 spiro atoms. The number of hydrogen-bond acceptors (Lipinski definition) is 4. The first-order valence-corrected chi connectivity index (χ1v) is 5.40. The molecule has 7 heteroatoms. The highest BCUT2D eigenvalue weighted by Crippen LogP contribution is 2.20. The summed E-state index contributed by atoms with van der Waals surface area (Å²) in [6, 6.07) is -0.831. The number of nitro groups is 1. The van der Waals surface area contributed by atoms with Gasteiger partial charge in [0.15, 0.2) is 6.04 Å². The SMILES string of the molecule is CCCCC(C(=O)O)n1cc(C)c([N+](=O)[O-])n1. The van der Waals surface area contributed by atoms with E-state index in [4.69, 9.17) is 5.11 Å². The van der Waals surface area contributed by atoms with E-state index >= 15 is 0 Å². The molecular formula is C10H15N3O4. The van der Waals surface area contributed by atoms with E-state index in [0.29, 0.717) is 12.0 Å². The minimum absolute atomic E-state index is 0.284. The molecule has 0 aliphatic rings. The van der Waals surface area contributed by atoms with Crippen LogP contribution in [0.5, 0.6) is 0 Å². The molecule has 1 atom stereocenters. The molecule has 0 aromatic carbocycles. The van der Waals surface area contributed by atoms with Gasteiger partial charge in [-0.2, -0.15) is 4.68 Å². The van der Waals surface area contributed by atoms with E-state index < -0.39 is 16.9 Å². The van der Waals surface area contributed by atoms with Crippen LogP contribution in [0.1, 0.15) is 37.8 Å². The maximum Gasteiger partial charge on any atom is 0.392 e. The van der Waals surface area contributed by atoms with Crippen LogP contribution in [0, 0.1) is 17.0 Å². The van der Waals surface area contributed by atoms with Gasteiger partial charge in [-0.05, 0) is 18.3 Å². The fraction of sp³-hybridized carbons (Fsp3) is 0.600. The van der Waals surface area contributed by atoms with Gasteiger partial charge in [0.1, 0.15) is 0 Å². The molecule has 0 fully saturated rings. The topological polar surface area (TPSA) is 98.3 Å². The molecule has 1 N–H and O–H groups in total. The predicted molar refractivity (Wildman–Crippen MR) is 59.8 cm³/mol. The molecule has 1 rings (SSSR count). The Morgan fingerprint density at radius 1 is 1.71 bits per heavy atom. The largest absolute Gasteiger partial charge is 0.480 e. The second kappa shape index (κ2) is 5.42. The summed E-state index contributed by atoms with van der Waals surface area (Å²) in [5.74, 6) is -1.30. The Hall–Kier alpha value is -1.92. The number of aromatic nitrogens is 2. The standard InChI is InChI=1S/C10H15N3O4/c1-3-4-5-8(10(14)15)12-6-7(2)9(11-12)13(16)17/h6,8H,3-5H2,1-2H3,(H,14,15). The summed E-state index contributed by atoms with van der Waals surface area (Å²) in [7, 11) is 0. The van der Waals surface area contributed by atoms with Gasteiger partial charge < -0.3 is 15.2 Å². The minimum atomic E-state index is -1.02. The van der Waals surface area contributed by atoms with E-state index in [1.165, 1.54) is 10.9 Å². The zero-order valence-electron chi connectivity index (χ0n) is 9.79. The van der Waals surface area contributed by atoms with Crippen molar-refractivity contribution in [2.75, 3.05) is 0 Å². The molecule has 1 aromatic rings. The zero-order chi connectivity index (χ0) is 13.0. The molecule has 17 heavy (non-hydrogen) atoms. The minimum Gasteiger partial charge on any atom is -0.480 e. The van der Waals surface area contributed by atoms with Gasteiger partial charge in [-0.25, -0.2) is 4.79 Å². The maximum absolute atomic E-state index is 11.1. The van der Waals surface area contributed by atoms with Crippen LogP contribution in [0.4, 0.5) is 5.82 Å². The second-order valence-electron chi connectivity index (χ2n) is 3.87. The lowest BCUT2D eigenvalue weighted by atomic mass is 10.1. The van der Waals surface area contributed by atoms with E-state index in [1.807, 2.05) is 6.92 Å². The van der Waals surface area contributed by atoms with E-state index in [0.717, 1.165) is 12.8 Å². The van der Waals surface area contributed by atoms with E-state index in [1.54, 1.807) is 6.92 Å². The van der Waals surface area contributed by atoms with Crippen molar-refractivity contribution in [2.24, 2.45) is 0 Å². The molecule has 0 aliphatic carbocycles. The number of carbonyl (C=O) groups is 1. The summed E-state index contributed by atoms with van der Waals surface area (Å²) in [6.07, 6.45) is 3.44. The Balaban J connectivity index is 2.98. The Kier molecular flexibility index (Phi) is 4.19. The Morgan fingerprint density at radius 2 is 2.35 bits per heavy atom. The number of aryl methyl sites for hydroxylation is 1. The lowest BCUT2D eigenvalue weighted by molar-refractivity contribution is -0.390. The van der Waals surface area contributed by atoms with Crippen molar-refractivity contribution in [3.05, 3.63) is 21.9 Å². The monoisotopic (exact) mass is 241 g/mol. The second-order valence-corrected chi connectivity index (χ2v) is 3.87. The summed E-state index contributed by atoms with van der Waals surface area (Å²) < 4.78 is 1.17. The highest BCUT2D eigenvalue weighted by molar-refractivity contribution is 5.71. The number of unbranched alkanes of at least 4 members (excludes halogenated alkanes) is 1. The first kappa shape index (κ1) is 13.1. The molecule has 94 valence electrons. The first-order valence-electron chi connectivity index (χ1n) is 5.40. The van der Waals surface area contributed by atoms with Crippen LogP contribution >= 0.6 is 0 Å². The van der Waals surface area contributed by atoms with Crippen molar-refractivity contribution in [1.29, 1.82) is 0 Å². The quantitative estimate of drug-likeness (QED) is 0.606. The first-order chi connectivity index (χ1) is 7.97. The summed E-state index contributed by atoms with van der Waals surface area (Å²) in [5.41, 5.74) is 0.373. The van der Waals surface area contributed by atoms with Gasteiger partial charge in [0, 0.05) is 0 Å². The molecule has 0 bridgehead atoms. The third kappa shape index (κ3) is 3.02. The van der Waals surface area contributed by atoms with Gasteiger partial charge >= 0.3 is 11.8 Å². The third-order valence-corrected chi connectivity index (χ3v) is 2.50. The van der Waals surface area contributed by atoms with E-state index in [2.05, 4.69) is 5.10 Å². The van der Waals surface area contributed by atoms with Crippen molar-refractivity contribution in [1.82, 2.24) is 9.78 Å². The smallest absolute Gasteiger partial charge is 0.392 e. The summed E-state index contributed by atoms with van der Waals surface area (Å²) in [5, 5.41) is 23.4. The molecule has 0 saturated carbocycles. The van der Waals surface area contributed by atoms with Crippen molar-refractivity contribution >= 4 is 11.8 Å². The van der Waals surface area contributed by atoms with Crippen molar-refractivity contribution in [2.45, 2.75) is 39.2 Å². The van der Waals surface area contributed by atoms with Gasteiger partial charge in [0.25, 0.3) is 0 Å². The molecule has 0 saturated heterocycles. The maximum atomic E-state index is 11.1. The number of nitrogens with zero attached hydrogens (tertiary/aromatic N) is 3. The van der Waals surface area contributed by atoms with Crippen LogP contribution in [0.3, 0.4) is 0 Å². The van der Waals surface area contributed by atoms with Crippen LogP contribution in [-0.4, -0.2) is 25.8 Å². The number of rotatable bonds is 6. The van der Waals surface area contributed by atoms with Crippen LogP contribution < -0.4 is 0 Å². The molecule has 1 unspecified atom stereocenters. The Labute approximate surface area is 98.2 Å².